The zero-order valence-electron chi connectivity index (χ0n) is 13.9. The molecule has 2 aromatic carbocycles. The zero-order valence-corrected chi connectivity index (χ0v) is 13.9. The third-order valence-electron chi connectivity index (χ3n) is 3.74. The van der Waals surface area contributed by atoms with Crippen molar-refractivity contribution in [2.24, 2.45) is 0 Å². The molecule has 0 aliphatic carbocycles. The predicted octanol–water partition coefficient (Wildman–Crippen LogP) is 3.56. The second-order valence-electron chi connectivity index (χ2n) is 5.41. The van der Waals surface area contributed by atoms with Crippen molar-refractivity contribution in [1.29, 1.82) is 0 Å². The first-order chi connectivity index (χ1) is 12.6. The van der Waals surface area contributed by atoms with Gasteiger partial charge in [0, 0.05) is 11.6 Å². The van der Waals surface area contributed by atoms with E-state index < -0.39 is 10.9 Å². The summed E-state index contributed by atoms with van der Waals surface area (Å²) < 4.78 is 10.1. The molecular formula is C18H15N3O5. The topological polar surface area (TPSA) is 108 Å². The van der Waals surface area contributed by atoms with Gasteiger partial charge in [-0.05, 0) is 18.1 Å². The van der Waals surface area contributed by atoms with Crippen LogP contribution in [-0.2, 0) is 17.8 Å². The molecule has 0 atom stereocenters. The maximum atomic E-state index is 12.1. The maximum Gasteiger partial charge on any atom is 0.345 e. The molecular weight excluding hydrogens is 338 g/mol. The Bertz CT molecular complexity index is 934. The van der Waals surface area contributed by atoms with Gasteiger partial charge in [-0.1, -0.05) is 48.5 Å². The normalized spacial score (nSPS) is 10.5. The Morgan fingerprint density at radius 1 is 1.19 bits per heavy atom. The molecule has 0 spiro atoms. The van der Waals surface area contributed by atoms with Crippen molar-refractivity contribution in [3.8, 4) is 11.4 Å². The van der Waals surface area contributed by atoms with Crippen LogP contribution in [0.2, 0.25) is 0 Å². The highest BCUT2D eigenvalue weighted by atomic mass is 16.6. The lowest BCUT2D eigenvalue weighted by Crippen LogP contribution is -2.08. The Hall–Kier alpha value is -3.55. The van der Waals surface area contributed by atoms with E-state index in [0.29, 0.717) is 5.82 Å². The van der Waals surface area contributed by atoms with Crippen LogP contribution >= 0.6 is 0 Å². The van der Waals surface area contributed by atoms with Crippen molar-refractivity contribution in [2.75, 3.05) is 0 Å². The van der Waals surface area contributed by atoms with E-state index >= 15 is 0 Å². The minimum Gasteiger partial charge on any atom is -0.452 e. The number of carbonyl (C=O) groups excluding carboxylic acids is 1. The van der Waals surface area contributed by atoms with E-state index in [-0.39, 0.29) is 23.7 Å². The molecule has 8 heteroatoms. The van der Waals surface area contributed by atoms with Crippen LogP contribution in [0.15, 0.2) is 53.1 Å². The molecule has 0 fully saturated rings. The average Bonchev–Trinajstić information content (AvgIpc) is 3.15. The van der Waals surface area contributed by atoms with Crippen LogP contribution in [0, 0.1) is 10.1 Å². The Balaban J connectivity index is 1.68. The van der Waals surface area contributed by atoms with Gasteiger partial charge in [-0.2, -0.15) is 4.98 Å². The first kappa shape index (κ1) is 17.3. The summed E-state index contributed by atoms with van der Waals surface area (Å²) in [4.78, 5) is 26.6. The zero-order chi connectivity index (χ0) is 18.5. The lowest BCUT2D eigenvalue weighted by Gasteiger charge is -2.02. The summed E-state index contributed by atoms with van der Waals surface area (Å²) in [6.45, 7) is 1.79. The molecule has 0 radical (unpaired) electrons. The SMILES string of the molecule is CCc1ccc(-c2noc(COC(=O)c3ccccc3[N+](=O)[O-])n2)cc1. The summed E-state index contributed by atoms with van der Waals surface area (Å²) in [5.41, 5.74) is 1.52. The standard InChI is InChI=1S/C18H15N3O5/c1-2-12-7-9-13(10-8-12)17-19-16(26-20-17)11-25-18(22)14-5-3-4-6-15(14)21(23)24/h3-10H,2,11H2,1H3. The maximum absolute atomic E-state index is 12.1. The fourth-order valence-electron chi connectivity index (χ4n) is 2.33. The first-order valence-electron chi connectivity index (χ1n) is 7.91. The number of carbonyl (C=O) groups is 1. The number of hydrogen-bond acceptors (Lipinski definition) is 7. The van der Waals surface area contributed by atoms with E-state index in [1.807, 2.05) is 24.3 Å². The van der Waals surface area contributed by atoms with Gasteiger partial charge in [-0.3, -0.25) is 10.1 Å². The molecule has 132 valence electrons. The number of ether oxygens (including phenoxy) is 1. The second-order valence-corrected chi connectivity index (χ2v) is 5.41. The number of nitrogens with zero attached hydrogens (tertiary/aromatic N) is 3. The van der Waals surface area contributed by atoms with E-state index in [1.54, 1.807) is 0 Å². The molecule has 3 aromatic rings. The number of benzene rings is 2. The van der Waals surface area contributed by atoms with Gasteiger partial charge in [0.1, 0.15) is 5.56 Å². The van der Waals surface area contributed by atoms with Crippen molar-refractivity contribution in [1.82, 2.24) is 10.1 Å². The summed E-state index contributed by atoms with van der Waals surface area (Å²) in [6.07, 6.45) is 0.930. The Labute approximate surface area is 148 Å². The van der Waals surface area contributed by atoms with Crippen LogP contribution in [0.25, 0.3) is 11.4 Å². The molecule has 0 aliphatic rings. The smallest absolute Gasteiger partial charge is 0.345 e. The van der Waals surface area contributed by atoms with Crippen molar-refractivity contribution in [3.63, 3.8) is 0 Å². The summed E-state index contributed by atoms with van der Waals surface area (Å²) in [5, 5.41) is 14.8. The van der Waals surface area contributed by atoms with Gasteiger partial charge in [-0.25, -0.2) is 4.79 Å². The summed E-state index contributed by atoms with van der Waals surface area (Å²) >= 11 is 0. The van der Waals surface area contributed by atoms with Crippen LogP contribution in [0.5, 0.6) is 0 Å². The quantitative estimate of drug-likeness (QED) is 0.378. The molecule has 0 amide bonds. The molecule has 0 aliphatic heterocycles. The van der Waals surface area contributed by atoms with E-state index in [2.05, 4.69) is 17.1 Å². The van der Waals surface area contributed by atoms with Gasteiger partial charge < -0.3 is 9.26 Å². The lowest BCUT2D eigenvalue weighted by atomic mass is 10.1. The molecule has 0 saturated carbocycles. The van der Waals surface area contributed by atoms with Crippen molar-refractivity contribution < 1.29 is 19.0 Å². The highest BCUT2D eigenvalue weighted by Gasteiger charge is 2.21. The van der Waals surface area contributed by atoms with E-state index in [0.717, 1.165) is 12.0 Å². The van der Waals surface area contributed by atoms with E-state index in [4.69, 9.17) is 9.26 Å². The molecule has 1 aromatic heterocycles. The molecule has 0 saturated heterocycles. The minimum absolute atomic E-state index is 0.103. The number of para-hydroxylation sites is 1. The van der Waals surface area contributed by atoms with Crippen LogP contribution in [0.1, 0.15) is 28.7 Å². The lowest BCUT2D eigenvalue weighted by molar-refractivity contribution is -0.385. The number of nitro groups is 1. The van der Waals surface area contributed by atoms with Gasteiger partial charge in [-0.15, -0.1) is 0 Å². The Morgan fingerprint density at radius 3 is 2.62 bits per heavy atom. The van der Waals surface area contributed by atoms with Gasteiger partial charge in [0.2, 0.25) is 5.82 Å². The van der Waals surface area contributed by atoms with Gasteiger partial charge >= 0.3 is 5.97 Å². The van der Waals surface area contributed by atoms with Gasteiger partial charge in [0.15, 0.2) is 6.61 Å². The summed E-state index contributed by atoms with van der Waals surface area (Å²) in [7, 11) is 0. The van der Waals surface area contributed by atoms with Crippen molar-refractivity contribution in [3.05, 3.63) is 75.7 Å². The monoisotopic (exact) mass is 353 g/mol. The second kappa shape index (κ2) is 7.56. The van der Waals surface area contributed by atoms with Crippen LogP contribution in [-0.4, -0.2) is 21.0 Å². The molecule has 1 heterocycles. The third kappa shape index (κ3) is 3.75. The minimum atomic E-state index is -0.829. The van der Waals surface area contributed by atoms with Crippen molar-refractivity contribution >= 4 is 11.7 Å². The molecule has 8 nitrogen and oxygen atoms in total. The van der Waals surface area contributed by atoms with E-state index in [9.17, 15) is 14.9 Å². The highest BCUT2D eigenvalue weighted by molar-refractivity contribution is 5.93. The summed E-state index contributed by atoms with van der Waals surface area (Å²) in [5.74, 6) is -0.347. The molecule has 0 bridgehead atoms. The molecule has 0 N–H and O–H groups in total. The molecule has 3 rings (SSSR count). The largest absolute Gasteiger partial charge is 0.452 e. The van der Waals surface area contributed by atoms with Crippen molar-refractivity contribution in [2.45, 2.75) is 20.0 Å². The third-order valence-corrected chi connectivity index (χ3v) is 3.74. The van der Waals surface area contributed by atoms with E-state index in [1.165, 1.54) is 29.8 Å². The fraction of sp³-hybridized carbons (Fsp3) is 0.167. The Morgan fingerprint density at radius 2 is 1.92 bits per heavy atom. The van der Waals surface area contributed by atoms with Gasteiger partial charge in [0.25, 0.3) is 11.6 Å². The highest BCUT2D eigenvalue weighted by Crippen LogP contribution is 2.20. The summed E-state index contributed by atoms with van der Waals surface area (Å²) in [6, 6.07) is 13.3. The average molecular weight is 353 g/mol. The number of esters is 1. The molecule has 26 heavy (non-hydrogen) atoms. The van der Waals surface area contributed by atoms with Crippen LogP contribution < -0.4 is 0 Å². The van der Waals surface area contributed by atoms with Gasteiger partial charge in [0.05, 0.1) is 4.92 Å². The number of nitro benzene ring substituents is 1. The number of aryl methyl sites for hydroxylation is 1. The molecule has 0 unspecified atom stereocenters. The number of rotatable bonds is 6. The predicted molar refractivity (Wildman–Crippen MR) is 91.3 cm³/mol. The first-order valence-corrected chi connectivity index (χ1v) is 7.91. The number of hydrogen-bond donors (Lipinski definition) is 0. The van der Waals surface area contributed by atoms with Crippen LogP contribution in [0.3, 0.4) is 0 Å². The number of aromatic nitrogens is 2. The van der Waals surface area contributed by atoms with Crippen LogP contribution in [0.4, 0.5) is 5.69 Å². The Kier molecular flexibility index (Phi) is 5.02. The fourth-order valence-corrected chi connectivity index (χ4v) is 2.33.